The number of rotatable bonds is 5. The van der Waals surface area contributed by atoms with Crippen molar-refractivity contribution in [2.75, 3.05) is 0 Å². The molecule has 0 radical (unpaired) electrons. The van der Waals surface area contributed by atoms with Gasteiger partial charge < -0.3 is 5.73 Å². The molecular formula is C16H13N5O2. The van der Waals surface area contributed by atoms with E-state index in [1.807, 2.05) is 6.07 Å². The molecule has 1 amide bonds. The van der Waals surface area contributed by atoms with E-state index in [1.54, 1.807) is 48.5 Å². The molecule has 0 atom stereocenters. The van der Waals surface area contributed by atoms with Gasteiger partial charge in [-0.05, 0) is 17.3 Å². The molecule has 1 heterocycles. The van der Waals surface area contributed by atoms with Crippen LogP contribution < -0.4 is 5.73 Å². The number of ketones is 1. The molecule has 2 aromatic carbocycles. The van der Waals surface area contributed by atoms with Crippen LogP contribution in [0.4, 0.5) is 0 Å². The number of nitrogens with two attached hydrogens (primary N) is 1. The SMILES string of the molecule is NC(=O)c1ccc(-c2nnn(CC(=O)c3ccccc3)n2)cc1. The molecule has 0 aliphatic rings. The molecule has 1 aromatic heterocycles. The van der Waals surface area contributed by atoms with Crippen LogP contribution in [0.3, 0.4) is 0 Å². The zero-order valence-electron chi connectivity index (χ0n) is 12.1. The maximum atomic E-state index is 12.1. The van der Waals surface area contributed by atoms with E-state index in [0.717, 1.165) is 0 Å². The summed E-state index contributed by atoms with van der Waals surface area (Å²) in [6.45, 7) is 0.0103. The number of primary amides is 1. The summed E-state index contributed by atoms with van der Waals surface area (Å²) < 4.78 is 0. The third-order valence-electron chi connectivity index (χ3n) is 3.26. The molecule has 3 aromatic rings. The van der Waals surface area contributed by atoms with Crippen molar-refractivity contribution in [3.63, 3.8) is 0 Å². The summed E-state index contributed by atoms with van der Waals surface area (Å²) in [5.74, 6) is -0.220. The number of hydrogen-bond acceptors (Lipinski definition) is 5. The third-order valence-corrected chi connectivity index (χ3v) is 3.26. The van der Waals surface area contributed by atoms with E-state index >= 15 is 0 Å². The predicted molar refractivity (Wildman–Crippen MR) is 82.5 cm³/mol. The van der Waals surface area contributed by atoms with Gasteiger partial charge in [0.15, 0.2) is 5.78 Å². The molecule has 23 heavy (non-hydrogen) atoms. The Bertz CT molecular complexity index is 840. The van der Waals surface area contributed by atoms with Gasteiger partial charge in [0, 0.05) is 16.7 Å². The van der Waals surface area contributed by atoms with Gasteiger partial charge in [0.2, 0.25) is 11.7 Å². The summed E-state index contributed by atoms with van der Waals surface area (Å²) in [5.41, 5.74) is 6.88. The van der Waals surface area contributed by atoms with Crippen LogP contribution in [0, 0.1) is 0 Å². The van der Waals surface area contributed by atoms with Gasteiger partial charge in [-0.2, -0.15) is 4.80 Å². The maximum absolute atomic E-state index is 12.1. The molecule has 0 aliphatic heterocycles. The monoisotopic (exact) mass is 307 g/mol. The van der Waals surface area contributed by atoms with Crippen molar-refractivity contribution in [3.8, 4) is 11.4 Å². The fourth-order valence-electron chi connectivity index (χ4n) is 2.05. The molecule has 7 nitrogen and oxygen atoms in total. The number of amides is 1. The van der Waals surface area contributed by atoms with Crippen molar-refractivity contribution in [2.24, 2.45) is 5.73 Å². The van der Waals surface area contributed by atoms with Crippen LogP contribution in [0.2, 0.25) is 0 Å². The van der Waals surface area contributed by atoms with Gasteiger partial charge in [0.25, 0.3) is 0 Å². The van der Waals surface area contributed by atoms with Crippen LogP contribution in [0.5, 0.6) is 0 Å². The summed E-state index contributed by atoms with van der Waals surface area (Å²) in [4.78, 5) is 24.4. The molecule has 3 rings (SSSR count). The van der Waals surface area contributed by atoms with Crippen LogP contribution in [0.1, 0.15) is 20.7 Å². The first-order chi connectivity index (χ1) is 11.1. The zero-order valence-corrected chi connectivity index (χ0v) is 12.1. The molecule has 7 heteroatoms. The van der Waals surface area contributed by atoms with E-state index in [1.165, 1.54) is 4.80 Å². The van der Waals surface area contributed by atoms with Crippen LogP contribution in [0.15, 0.2) is 54.6 Å². The Morgan fingerprint density at radius 2 is 1.65 bits per heavy atom. The van der Waals surface area contributed by atoms with Crippen LogP contribution in [-0.4, -0.2) is 31.9 Å². The van der Waals surface area contributed by atoms with Gasteiger partial charge in [0.05, 0.1) is 0 Å². The van der Waals surface area contributed by atoms with E-state index in [-0.39, 0.29) is 12.3 Å². The van der Waals surface area contributed by atoms with Gasteiger partial charge in [0.1, 0.15) is 6.54 Å². The Kier molecular flexibility index (Phi) is 3.92. The Balaban J connectivity index is 1.75. The lowest BCUT2D eigenvalue weighted by Gasteiger charge is -1.99. The summed E-state index contributed by atoms with van der Waals surface area (Å²) in [6, 6.07) is 15.5. The Hall–Kier alpha value is -3.35. The molecule has 0 saturated carbocycles. The van der Waals surface area contributed by atoms with Gasteiger partial charge in [-0.3, -0.25) is 9.59 Å². The molecule has 0 unspecified atom stereocenters. The van der Waals surface area contributed by atoms with Crippen molar-refractivity contribution < 1.29 is 9.59 Å². The molecule has 0 bridgehead atoms. The van der Waals surface area contributed by atoms with E-state index in [2.05, 4.69) is 15.4 Å². The standard InChI is InChI=1S/C16H13N5O2/c17-15(23)12-6-8-13(9-7-12)16-18-20-21(19-16)10-14(22)11-4-2-1-3-5-11/h1-9H,10H2,(H2,17,23). The highest BCUT2D eigenvalue weighted by Crippen LogP contribution is 2.14. The minimum absolute atomic E-state index is 0.0103. The second-order valence-electron chi connectivity index (χ2n) is 4.87. The average Bonchev–Trinajstić information content (AvgIpc) is 3.04. The Morgan fingerprint density at radius 1 is 0.957 bits per heavy atom. The highest BCUT2D eigenvalue weighted by molar-refractivity contribution is 5.95. The summed E-state index contributed by atoms with van der Waals surface area (Å²) in [5, 5.41) is 12.0. The molecule has 0 fully saturated rings. The minimum Gasteiger partial charge on any atom is -0.366 e. The highest BCUT2D eigenvalue weighted by atomic mass is 16.1. The third kappa shape index (κ3) is 3.29. The average molecular weight is 307 g/mol. The normalized spacial score (nSPS) is 10.4. The van der Waals surface area contributed by atoms with E-state index < -0.39 is 5.91 Å². The van der Waals surface area contributed by atoms with Crippen LogP contribution >= 0.6 is 0 Å². The number of carbonyl (C=O) groups is 2. The van der Waals surface area contributed by atoms with Gasteiger partial charge in [-0.1, -0.05) is 42.5 Å². The molecule has 0 aliphatic carbocycles. The fourth-order valence-corrected chi connectivity index (χ4v) is 2.05. The zero-order chi connectivity index (χ0) is 16.2. The molecule has 2 N–H and O–H groups in total. The first kappa shape index (κ1) is 14.6. The van der Waals surface area contributed by atoms with E-state index in [9.17, 15) is 9.59 Å². The summed E-state index contributed by atoms with van der Waals surface area (Å²) in [6.07, 6.45) is 0. The number of Topliss-reactive ketones (excluding diaryl/α,β-unsaturated/α-hetero) is 1. The topological polar surface area (TPSA) is 104 Å². The predicted octanol–water partition coefficient (Wildman–Crippen LogP) is 1.32. The number of hydrogen-bond donors (Lipinski definition) is 1. The van der Waals surface area contributed by atoms with Crippen molar-refractivity contribution in [3.05, 3.63) is 65.7 Å². The van der Waals surface area contributed by atoms with Gasteiger partial charge in [-0.25, -0.2) is 0 Å². The molecule has 0 saturated heterocycles. The highest BCUT2D eigenvalue weighted by Gasteiger charge is 2.11. The number of nitrogens with zero attached hydrogens (tertiary/aromatic N) is 4. The molecule has 114 valence electrons. The number of benzene rings is 2. The number of tetrazole rings is 1. The lowest BCUT2D eigenvalue weighted by atomic mass is 10.1. The van der Waals surface area contributed by atoms with Crippen LogP contribution in [-0.2, 0) is 6.54 Å². The molecular weight excluding hydrogens is 294 g/mol. The Labute approximate surface area is 131 Å². The summed E-state index contributed by atoms with van der Waals surface area (Å²) >= 11 is 0. The first-order valence-electron chi connectivity index (χ1n) is 6.90. The number of aromatic nitrogens is 4. The van der Waals surface area contributed by atoms with Crippen LogP contribution in [0.25, 0.3) is 11.4 Å². The van der Waals surface area contributed by atoms with Gasteiger partial charge in [-0.15, -0.1) is 10.2 Å². The first-order valence-corrected chi connectivity index (χ1v) is 6.90. The summed E-state index contributed by atoms with van der Waals surface area (Å²) in [7, 11) is 0. The van der Waals surface area contributed by atoms with E-state index in [4.69, 9.17) is 5.73 Å². The Morgan fingerprint density at radius 3 is 2.30 bits per heavy atom. The van der Waals surface area contributed by atoms with E-state index in [0.29, 0.717) is 22.5 Å². The smallest absolute Gasteiger partial charge is 0.248 e. The second-order valence-corrected chi connectivity index (χ2v) is 4.87. The fraction of sp³-hybridized carbons (Fsp3) is 0.0625. The lowest BCUT2D eigenvalue weighted by molar-refractivity contribution is 0.0959. The maximum Gasteiger partial charge on any atom is 0.248 e. The van der Waals surface area contributed by atoms with Crippen molar-refractivity contribution in [2.45, 2.75) is 6.54 Å². The quantitative estimate of drug-likeness (QED) is 0.716. The largest absolute Gasteiger partial charge is 0.366 e. The lowest BCUT2D eigenvalue weighted by Crippen LogP contribution is -2.13. The second kappa shape index (κ2) is 6.18. The van der Waals surface area contributed by atoms with Crippen molar-refractivity contribution in [1.82, 2.24) is 20.2 Å². The van der Waals surface area contributed by atoms with Crippen molar-refractivity contribution in [1.29, 1.82) is 0 Å². The number of carbonyl (C=O) groups excluding carboxylic acids is 2. The minimum atomic E-state index is -0.498. The molecule has 0 spiro atoms. The van der Waals surface area contributed by atoms with Crippen molar-refractivity contribution >= 4 is 11.7 Å². The van der Waals surface area contributed by atoms with Gasteiger partial charge >= 0.3 is 0 Å².